The Hall–Kier alpha value is -3.28. The number of aromatic nitrogens is 2. The first-order chi connectivity index (χ1) is 20.7. The second kappa shape index (κ2) is 13.6. The first-order valence-electron chi connectivity index (χ1n) is 13.1. The summed E-state index contributed by atoms with van der Waals surface area (Å²) in [5.74, 6) is -0.612. The van der Waals surface area contributed by atoms with Crippen molar-refractivity contribution in [2.45, 2.75) is 30.0 Å². The summed E-state index contributed by atoms with van der Waals surface area (Å²) < 4.78 is 12.1. The number of hydrogen-bond acceptors (Lipinski definition) is 9. The van der Waals surface area contributed by atoms with Crippen LogP contribution in [-0.4, -0.2) is 40.2 Å². The fourth-order valence-corrected chi connectivity index (χ4v) is 7.03. The molecular weight excluding hydrogens is 653 g/mol. The van der Waals surface area contributed by atoms with Gasteiger partial charge in [0.2, 0.25) is 5.13 Å². The maximum absolute atomic E-state index is 13.6. The van der Waals surface area contributed by atoms with E-state index in [-0.39, 0.29) is 16.5 Å². The second-order valence-corrected chi connectivity index (χ2v) is 12.6. The van der Waals surface area contributed by atoms with Crippen LogP contribution in [0.4, 0.5) is 5.13 Å². The van der Waals surface area contributed by atoms with Gasteiger partial charge in [-0.3, -0.25) is 14.5 Å². The molecule has 5 rings (SSSR count). The van der Waals surface area contributed by atoms with Gasteiger partial charge in [0, 0.05) is 26.4 Å². The topological polar surface area (TPSA) is 102 Å². The van der Waals surface area contributed by atoms with Gasteiger partial charge in [0.25, 0.3) is 5.78 Å². The molecule has 1 amide bonds. The van der Waals surface area contributed by atoms with Gasteiger partial charge in [-0.25, -0.2) is 0 Å². The number of ketones is 1. The SMILES string of the molecule is CCOc1ccc(C2C(=C(O)c3ccc(Cl)cc3)C(=O)C(=O)N2c2nnc(SCc3ccc(Cl)cc3Cl)s2)cc1OCC. The van der Waals surface area contributed by atoms with E-state index in [0.717, 1.165) is 16.9 Å². The van der Waals surface area contributed by atoms with Crippen molar-refractivity contribution in [3.05, 3.63) is 98.0 Å². The van der Waals surface area contributed by atoms with E-state index in [1.54, 1.807) is 54.6 Å². The van der Waals surface area contributed by atoms with Crippen molar-refractivity contribution in [2.75, 3.05) is 18.1 Å². The highest BCUT2D eigenvalue weighted by molar-refractivity contribution is 8.00. The Morgan fingerprint density at radius 1 is 0.930 bits per heavy atom. The Kier molecular flexibility index (Phi) is 9.83. The van der Waals surface area contributed by atoms with Crippen molar-refractivity contribution in [2.24, 2.45) is 0 Å². The summed E-state index contributed by atoms with van der Waals surface area (Å²) in [5.41, 5.74) is 1.60. The number of nitrogens with zero attached hydrogens (tertiary/aromatic N) is 3. The average molecular weight is 677 g/mol. The number of thioether (sulfide) groups is 1. The lowest BCUT2D eigenvalue weighted by Crippen LogP contribution is -2.29. The number of hydrogen-bond donors (Lipinski definition) is 1. The van der Waals surface area contributed by atoms with Gasteiger partial charge in [0.1, 0.15) is 5.76 Å². The Balaban J connectivity index is 1.57. The van der Waals surface area contributed by atoms with Gasteiger partial charge in [-0.1, -0.05) is 70.0 Å². The van der Waals surface area contributed by atoms with Crippen molar-refractivity contribution in [3.8, 4) is 11.5 Å². The molecule has 0 radical (unpaired) electrons. The molecule has 43 heavy (non-hydrogen) atoms. The van der Waals surface area contributed by atoms with E-state index in [1.807, 2.05) is 19.9 Å². The lowest BCUT2D eigenvalue weighted by atomic mass is 9.95. The normalized spacial score (nSPS) is 16.1. The summed E-state index contributed by atoms with van der Waals surface area (Å²) in [4.78, 5) is 28.4. The van der Waals surface area contributed by atoms with Gasteiger partial charge in [-0.2, -0.15) is 0 Å². The predicted molar refractivity (Wildman–Crippen MR) is 171 cm³/mol. The largest absolute Gasteiger partial charge is 0.507 e. The van der Waals surface area contributed by atoms with Crippen LogP contribution in [0.1, 0.15) is 36.6 Å². The maximum Gasteiger partial charge on any atom is 0.301 e. The molecule has 1 unspecified atom stereocenters. The third-order valence-electron chi connectivity index (χ3n) is 6.41. The molecule has 1 saturated heterocycles. The van der Waals surface area contributed by atoms with Crippen LogP contribution in [0, 0.1) is 0 Å². The molecule has 1 aliphatic heterocycles. The molecule has 3 aromatic carbocycles. The minimum atomic E-state index is -1.03. The van der Waals surface area contributed by atoms with Gasteiger partial charge >= 0.3 is 5.91 Å². The van der Waals surface area contributed by atoms with Gasteiger partial charge in [-0.15, -0.1) is 10.2 Å². The van der Waals surface area contributed by atoms with Crippen molar-refractivity contribution in [1.29, 1.82) is 0 Å². The lowest BCUT2D eigenvalue weighted by molar-refractivity contribution is -0.132. The molecule has 1 atom stereocenters. The molecule has 0 spiro atoms. The molecule has 0 aliphatic carbocycles. The third kappa shape index (κ3) is 6.63. The first-order valence-corrected chi connectivity index (χ1v) is 16.0. The minimum Gasteiger partial charge on any atom is -0.507 e. The van der Waals surface area contributed by atoms with E-state index >= 15 is 0 Å². The number of rotatable bonds is 10. The number of amides is 1. The van der Waals surface area contributed by atoms with E-state index in [0.29, 0.717) is 61.0 Å². The fraction of sp³-hybridized carbons (Fsp3) is 0.200. The van der Waals surface area contributed by atoms with E-state index in [4.69, 9.17) is 44.3 Å². The molecule has 1 N–H and O–H groups in total. The van der Waals surface area contributed by atoms with Crippen LogP contribution in [0.3, 0.4) is 0 Å². The van der Waals surface area contributed by atoms with Crippen molar-refractivity contribution in [1.82, 2.24) is 10.2 Å². The highest BCUT2D eigenvalue weighted by Gasteiger charge is 2.48. The number of aliphatic hydroxyl groups excluding tert-OH is 1. The van der Waals surface area contributed by atoms with Crippen LogP contribution < -0.4 is 14.4 Å². The number of anilines is 1. The minimum absolute atomic E-state index is 0.101. The number of carbonyl (C=O) groups is 2. The van der Waals surface area contributed by atoms with Crippen LogP contribution in [0.5, 0.6) is 11.5 Å². The first kappa shape index (κ1) is 31.2. The second-order valence-electron chi connectivity index (χ2n) is 9.12. The summed E-state index contributed by atoms with van der Waals surface area (Å²) in [7, 11) is 0. The highest BCUT2D eigenvalue weighted by Crippen LogP contribution is 2.46. The molecule has 222 valence electrons. The molecule has 8 nitrogen and oxygen atoms in total. The molecule has 1 aromatic heterocycles. The molecular formula is C30H24Cl3N3O5S2. The van der Waals surface area contributed by atoms with Crippen LogP contribution in [0.2, 0.25) is 15.1 Å². The Bertz CT molecular complexity index is 1710. The van der Waals surface area contributed by atoms with Crippen molar-refractivity contribution in [3.63, 3.8) is 0 Å². The van der Waals surface area contributed by atoms with Crippen LogP contribution in [0.25, 0.3) is 5.76 Å². The molecule has 13 heteroatoms. The van der Waals surface area contributed by atoms with Crippen LogP contribution >= 0.6 is 57.9 Å². The standard InChI is InChI=1S/C30H24Cl3N3O5S2/c1-3-40-22-12-8-17(13-23(22)41-4-2)25-24(26(37)16-5-9-19(31)10-6-16)27(38)28(39)36(25)29-34-35-30(43-29)42-15-18-7-11-20(32)14-21(18)33/h5-14,25,37H,3-4,15H2,1-2H3. The zero-order valence-corrected chi connectivity index (χ0v) is 26.7. The van der Waals surface area contributed by atoms with Gasteiger partial charge < -0.3 is 14.6 Å². The van der Waals surface area contributed by atoms with E-state index in [2.05, 4.69) is 10.2 Å². The summed E-state index contributed by atoms with van der Waals surface area (Å²) in [6.07, 6.45) is 0. The van der Waals surface area contributed by atoms with Crippen molar-refractivity contribution < 1.29 is 24.2 Å². The molecule has 0 saturated carbocycles. The summed E-state index contributed by atoms with van der Waals surface area (Å²) in [5, 5.41) is 21.6. The number of Topliss-reactive ketones (excluding diaryl/α,β-unsaturated/α-hetero) is 1. The summed E-state index contributed by atoms with van der Waals surface area (Å²) in [6, 6.07) is 15.7. The smallest absolute Gasteiger partial charge is 0.301 e. The lowest BCUT2D eigenvalue weighted by Gasteiger charge is -2.23. The molecule has 1 fully saturated rings. The molecule has 1 aliphatic rings. The number of ether oxygens (including phenoxy) is 2. The average Bonchev–Trinajstić information content (AvgIpc) is 3.55. The predicted octanol–water partition coefficient (Wildman–Crippen LogP) is 8.21. The van der Waals surface area contributed by atoms with E-state index in [1.165, 1.54) is 16.7 Å². The summed E-state index contributed by atoms with van der Waals surface area (Å²) >= 11 is 20.9. The third-order valence-corrected chi connectivity index (χ3v) is 9.36. The number of halogens is 3. The highest BCUT2D eigenvalue weighted by atomic mass is 35.5. The van der Waals surface area contributed by atoms with Gasteiger partial charge in [0.05, 0.1) is 24.8 Å². The molecule has 0 bridgehead atoms. The molecule has 2 heterocycles. The monoisotopic (exact) mass is 675 g/mol. The zero-order valence-electron chi connectivity index (χ0n) is 22.8. The quantitative estimate of drug-likeness (QED) is 0.0590. The van der Waals surface area contributed by atoms with Gasteiger partial charge in [-0.05, 0) is 73.5 Å². The zero-order chi connectivity index (χ0) is 30.7. The van der Waals surface area contributed by atoms with Gasteiger partial charge in [0.15, 0.2) is 15.8 Å². The fourth-order valence-electron chi connectivity index (χ4n) is 4.48. The maximum atomic E-state index is 13.6. The van der Waals surface area contributed by atoms with Crippen molar-refractivity contribution >= 4 is 80.5 Å². The summed E-state index contributed by atoms with van der Waals surface area (Å²) in [6.45, 7) is 4.48. The number of benzene rings is 3. The Morgan fingerprint density at radius 2 is 1.63 bits per heavy atom. The van der Waals surface area contributed by atoms with E-state index in [9.17, 15) is 14.7 Å². The Labute approximate surface area is 271 Å². The molecule has 4 aromatic rings. The van der Waals surface area contributed by atoms with Crippen LogP contribution in [0.15, 0.2) is 70.6 Å². The number of carbonyl (C=O) groups excluding carboxylic acids is 2. The van der Waals surface area contributed by atoms with E-state index < -0.39 is 17.7 Å². The Morgan fingerprint density at radius 3 is 2.33 bits per heavy atom. The van der Waals surface area contributed by atoms with Crippen LogP contribution in [-0.2, 0) is 15.3 Å². The number of aliphatic hydroxyl groups is 1.